The van der Waals surface area contributed by atoms with Crippen LogP contribution in [0.4, 0.5) is 0 Å². The van der Waals surface area contributed by atoms with E-state index >= 15 is 0 Å². The Kier molecular flexibility index (Phi) is 8.31. The van der Waals surface area contributed by atoms with Crippen molar-refractivity contribution in [1.82, 2.24) is 4.90 Å². The van der Waals surface area contributed by atoms with Crippen molar-refractivity contribution in [2.45, 2.75) is 52.6 Å². The molecule has 128 valence electrons. The monoisotopic (exact) mass is 383 g/mol. The van der Waals surface area contributed by atoms with E-state index in [0.717, 1.165) is 22.9 Å². The Bertz CT molecular complexity index is 514. The largest absolute Gasteiger partial charge is 0.467 e. The molecule has 0 fully saturated rings. The first-order chi connectivity index (χ1) is 10.9. The van der Waals surface area contributed by atoms with E-state index in [1.54, 1.807) is 4.90 Å². The lowest BCUT2D eigenvalue weighted by molar-refractivity contribution is -0.155. The lowest BCUT2D eigenvalue weighted by Gasteiger charge is -2.32. The van der Waals surface area contributed by atoms with Crippen LogP contribution in [0.3, 0.4) is 0 Å². The van der Waals surface area contributed by atoms with Crippen LogP contribution in [-0.4, -0.2) is 29.9 Å². The summed E-state index contributed by atoms with van der Waals surface area (Å²) in [4.78, 5) is 26.5. The molecule has 0 aliphatic heterocycles. The number of nitrogens with zero attached hydrogens (tertiary/aromatic N) is 1. The van der Waals surface area contributed by atoms with E-state index in [-0.39, 0.29) is 17.8 Å². The lowest BCUT2D eigenvalue weighted by atomic mass is 10.0. The van der Waals surface area contributed by atoms with Crippen molar-refractivity contribution < 1.29 is 14.3 Å². The first-order valence-corrected chi connectivity index (χ1v) is 8.81. The number of amides is 1. The highest BCUT2D eigenvalue weighted by molar-refractivity contribution is 9.10. The van der Waals surface area contributed by atoms with Crippen LogP contribution >= 0.6 is 15.9 Å². The molecule has 5 heteroatoms. The highest BCUT2D eigenvalue weighted by Crippen LogP contribution is 2.20. The number of hydrogen-bond donors (Lipinski definition) is 0. The summed E-state index contributed by atoms with van der Waals surface area (Å²) in [6, 6.07) is 7.23. The molecular formula is C18H26BrNO3. The highest BCUT2D eigenvalue weighted by Gasteiger charge is 2.32. The summed E-state index contributed by atoms with van der Waals surface area (Å²) in [5.74, 6) is -0.371. The Morgan fingerprint density at radius 2 is 1.83 bits per heavy atom. The normalized spacial score (nSPS) is 12.1. The summed E-state index contributed by atoms with van der Waals surface area (Å²) in [5.41, 5.74) is 0.993. The SMILES string of the molecule is CCCCC(=O)N(Cc1ccc(Br)cc1)[C@H](C(=O)OC)C(C)C. The molecule has 1 amide bonds. The van der Waals surface area contributed by atoms with Gasteiger partial charge in [0.05, 0.1) is 7.11 Å². The zero-order valence-corrected chi connectivity index (χ0v) is 15.9. The number of ether oxygens (including phenoxy) is 1. The number of rotatable bonds is 8. The fourth-order valence-electron chi connectivity index (χ4n) is 2.48. The zero-order chi connectivity index (χ0) is 17.4. The Labute approximate surface area is 147 Å². The van der Waals surface area contributed by atoms with E-state index in [2.05, 4.69) is 15.9 Å². The standard InChI is InChI=1S/C18H26BrNO3/c1-5-6-7-16(21)20(17(13(2)3)18(22)23-4)12-14-8-10-15(19)11-9-14/h8-11,13,17H,5-7,12H2,1-4H3/t17-/m0/s1. The van der Waals surface area contributed by atoms with Gasteiger partial charge in [-0.3, -0.25) is 4.79 Å². The molecule has 0 heterocycles. The van der Waals surface area contributed by atoms with Gasteiger partial charge >= 0.3 is 5.97 Å². The van der Waals surface area contributed by atoms with Crippen LogP contribution in [0.1, 0.15) is 45.6 Å². The van der Waals surface area contributed by atoms with Gasteiger partial charge in [0.15, 0.2) is 0 Å². The van der Waals surface area contributed by atoms with Gasteiger partial charge in [-0.15, -0.1) is 0 Å². The Hall–Kier alpha value is -1.36. The lowest BCUT2D eigenvalue weighted by Crippen LogP contribution is -2.48. The van der Waals surface area contributed by atoms with Crippen molar-refractivity contribution >= 4 is 27.8 Å². The second-order valence-electron chi connectivity index (χ2n) is 5.96. The number of unbranched alkanes of at least 4 members (excludes halogenated alkanes) is 1. The molecule has 0 saturated carbocycles. The number of benzene rings is 1. The number of carbonyl (C=O) groups is 2. The third-order valence-corrected chi connectivity index (χ3v) is 4.27. The first-order valence-electron chi connectivity index (χ1n) is 8.02. The van der Waals surface area contributed by atoms with Crippen LogP contribution in [0.5, 0.6) is 0 Å². The van der Waals surface area contributed by atoms with Gasteiger partial charge in [0.2, 0.25) is 5.91 Å². The number of carbonyl (C=O) groups excluding carboxylic acids is 2. The molecule has 0 aliphatic carbocycles. The molecule has 0 spiro atoms. The molecule has 1 atom stereocenters. The summed E-state index contributed by atoms with van der Waals surface area (Å²) < 4.78 is 5.91. The van der Waals surface area contributed by atoms with Gasteiger partial charge in [0.1, 0.15) is 6.04 Å². The summed E-state index contributed by atoms with van der Waals surface area (Å²) in [6.45, 7) is 6.33. The fraction of sp³-hybridized carbons (Fsp3) is 0.556. The summed E-state index contributed by atoms with van der Waals surface area (Å²) in [5, 5.41) is 0. The van der Waals surface area contributed by atoms with Crippen LogP contribution in [0.2, 0.25) is 0 Å². The maximum absolute atomic E-state index is 12.6. The Morgan fingerprint density at radius 1 is 1.22 bits per heavy atom. The average Bonchev–Trinajstić information content (AvgIpc) is 2.53. The van der Waals surface area contributed by atoms with E-state index in [0.29, 0.717) is 13.0 Å². The molecule has 0 aromatic heterocycles. The van der Waals surface area contributed by atoms with Crippen LogP contribution in [0.15, 0.2) is 28.7 Å². The second-order valence-corrected chi connectivity index (χ2v) is 6.88. The van der Waals surface area contributed by atoms with Crippen LogP contribution in [0.25, 0.3) is 0 Å². The number of hydrogen-bond acceptors (Lipinski definition) is 3. The molecule has 0 N–H and O–H groups in total. The molecule has 1 aromatic carbocycles. The van der Waals surface area contributed by atoms with Crippen molar-refractivity contribution in [3.8, 4) is 0 Å². The maximum atomic E-state index is 12.6. The molecule has 1 aromatic rings. The molecular weight excluding hydrogens is 358 g/mol. The van der Waals surface area contributed by atoms with Gasteiger partial charge in [-0.05, 0) is 30.0 Å². The molecule has 0 saturated heterocycles. The molecule has 0 bridgehead atoms. The smallest absolute Gasteiger partial charge is 0.328 e. The highest BCUT2D eigenvalue weighted by atomic mass is 79.9. The van der Waals surface area contributed by atoms with E-state index < -0.39 is 6.04 Å². The van der Waals surface area contributed by atoms with E-state index in [1.807, 2.05) is 45.0 Å². The van der Waals surface area contributed by atoms with Gasteiger partial charge in [0.25, 0.3) is 0 Å². The van der Waals surface area contributed by atoms with Crippen LogP contribution < -0.4 is 0 Å². The average molecular weight is 384 g/mol. The molecule has 4 nitrogen and oxygen atoms in total. The first kappa shape index (κ1) is 19.7. The number of methoxy groups -OCH3 is 1. The Morgan fingerprint density at radius 3 is 2.30 bits per heavy atom. The van der Waals surface area contributed by atoms with Gasteiger partial charge < -0.3 is 9.64 Å². The van der Waals surface area contributed by atoms with Crippen molar-refractivity contribution in [3.05, 3.63) is 34.3 Å². The van der Waals surface area contributed by atoms with Crippen molar-refractivity contribution in [2.24, 2.45) is 5.92 Å². The van der Waals surface area contributed by atoms with Gasteiger partial charge in [-0.2, -0.15) is 0 Å². The molecule has 23 heavy (non-hydrogen) atoms. The van der Waals surface area contributed by atoms with Crippen molar-refractivity contribution in [2.75, 3.05) is 7.11 Å². The van der Waals surface area contributed by atoms with Crippen molar-refractivity contribution in [3.63, 3.8) is 0 Å². The van der Waals surface area contributed by atoms with Gasteiger partial charge in [0, 0.05) is 17.4 Å². The minimum Gasteiger partial charge on any atom is -0.467 e. The van der Waals surface area contributed by atoms with Crippen LogP contribution in [0, 0.1) is 5.92 Å². The predicted octanol–water partition coefficient (Wildman–Crippen LogP) is 4.17. The van der Waals surface area contributed by atoms with Crippen LogP contribution in [-0.2, 0) is 20.9 Å². The topological polar surface area (TPSA) is 46.6 Å². The van der Waals surface area contributed by atoms with E-state index in [1.165, 1.54) is 7.11 Å². The molecule has 0 aliphatic rings. The molecule has 0 unspecified atom stereocenters. The van der Waals surface area contributed by atoms with E-state index in [9.17, 15) is 9.59 Å². The zero-order valence-electron chi connectivity index (χ0n) is 14.3. The second kappa shape index (κ2) is 9.71. The molecule has 1 rings (SSSR count). The summed E-state index contributed by atoms with van der Waals surface area (Å²) >= 11 is 3.41. The van der Waals surface area contributed by atoms with E-state index in [4.69, 9.17) is 4.74 Å². The Balaban J connectivity index is 3.05. The minimum absolute atomic E-state index is 0.00105. The molecule has 0 radical (unpaired) electrons. The third-order valence-electron chi connectivity index (χ3n) is 3.74. The van der Waals surface area contributed by atoms with Crippen molar-refractivity contribution in [1.29, 1.82) is 0 Å². The summed E-state index contributed by atoms with van der Waals surface area (Å²) in [6.07, 6.45) is 2.22. The minimum atomic E-state index is -0.562. The fourth-order valence-corrected chi connectivity index (χ4v) is 2.74. The quantitative estimate of drug-likeness (QED) is 0.632. The van der Waals surface area contributed by atoms with Gasteiger partial charge in [-0.1, -0.05) is 55.3 Å². The summed E-state index contributed by atoms with van der Waals surface area (Å²) in [7, 11) is 1.37. The number of esters is 1. The van der Waals surface area contributed by atoms with Gasteiger partial charge in [-0.25, -0.2) is 4.79 Å². The third kappa shape index (κ3) is 5.98. The predicted molar refractivity (Wildman–Crippen MR) is 94.9 cm³/mol. The maximum Gasteiger partial charge on any atom is 0.328 e. The number of halogens is 1.